The zero-order chi connectivity index (χ0) is 37.9. The van der Waals surface area contributed by atoms with Crippen molar-refractivity contribution in [1.82, 2.24) is 19.8 Å². The quantitative estimate of drug-likeness (QED) is 0.0636. The van der Waals surface area contributed by atoms with Crippen LogP contribution in [0.25, 0.3) is 5.57 Å². The number of nitrogens with zero attached hydrogens (tertiary/aromatic N) is 5. The number of aromatic nitrogens is 2. The first kappa shape index (κ1) is 41.2. The normalized spacial score (nSPS) is 12.0. The van der Waals surface area contributed by atoms with E-state index in [9.17, 15) is 9.59 Å². The molecule has 280 valence electrons. The lowest BCUT2D eigenvalue weighted by atomic mass is 10.0. The molecule has 0 aliphatic rings. The summed E-state index contributed by atoms with van der Waals surface area (Å²) < 4.78 is 5.56. The lowest BCUT2D eigenvalue weighted by molar-refractivity contribution is -0.149. The Bertz CT molecular complexity index is 1770. The van der Waals surface area contributed by atoms with Gasteiger partial charge in [0.25, 0.3) is 5.91 Å². The number of esters is 1. The maximum absolute atomic E-state index is 13.2. The van der Waals surface area contributed by atoms with E-state index in [2.05, 4.69) is 37.4 Å². The third-order valence-corrected chi connectivity index (χ3v) is 8.36. The molecule has 52 heavy (non-hydrogen) atoms. The van der Waals surface area contributed by atoms with Gasteiger partial charge < -0.3 is 15.4 Å². The van der Waals surface area contributed by atoms with Gasteiger partial charge in [0.15, 0.2) is 0 Å². The predicted molar refractivity (Wildman–Crippen MR) is 219 cm³/mol. The first-order valence-electron chi connectivity index (χ1n) is 18.1. The maximum atomic E-state index is 13.2. The molecule has 2 N–H and O–H groups in total. The molecule has 0 radical (unpaired) electrons. The van der Waals surface area contributed by atoms with Gasteiger partial charge in [-0.3, -0.25) is 24.4 Å². The fraction of sp³-hybridized carbons (Fsp3) is 0.357. The van der Waals surface area contributed by atoms with Crippen molar-refractivity contribution in [3.05, 3.63) is 119 Å². The van der Waals surface area contributed by atoms with Crippen LogP contribution >= 0.6 is 0 Å². The molecule has 10 nitrogen and oxygen atoms in total. The maximum Gasteiger partial charge on any atom is 0.314 e. The second kappa shape index (κ2) is 21.9. The molecule has 0 bridgehead atoms. The van der Waals surface area contributed by atoms with Crippen LogP contribution in [0.3, 0.4) is 0 Å². The number of rotatable bonds is 17. The van der Waals surface area contributed by atoms with E-state index in [4.69, 9.17) is 4.74 Å². The van der Waals surface area contributed by atoms with Crippen molar-refractivity contribution in [3.63, 3.8) is 0 Å². The van der Waals surface area contributed by atoms with Crippen LogP contribution in [0, 0.1) is 6.92 Å². The van der Waals surface area contributed by atoms with E-state index in [1.54, 1.807) is 6.20 Å². The fourth-order valence-corrected chi connectivity index (χ4v) is 5.14. The van der Waals surface area contributed by atoms with Gasteiger partial charge in [0.05, 0.1) is 11.6 Å². The van der Waals surface area contributed by atoms with Crippen LogP contribution in [0.4, 0.5) is 17.3 Å². The van der Waals surface area contributed by atoms with Crippen molar-refractivity contribution in [2.24, 2.45) is 4.99 Å². The van der Waals surface area contributed by atoms with E-state index in [0.29, 0.717) is 23.7 Å². The van der Waals surface area contributed by atoms with Crippen molar-refractivity contribution in [2.75, 3.05) is 50.6 Å². The minimum atomic E-state index is -0.305. The molecular formula is C42H59N7O3. The van der Waals surface area contributed by atoms with Crippen molar-refractivity contribution >= 4 is 41.0 Å². The summed E-state index contributed by atoms with van der Waals surface area (Å²) in [6.45, 7) is 18.0. The average Bonchev–Trinajstić information content (AvgIpc) is 3.18. The molecule has 0 aliphatic carbocycles. The Balaban J connectivity index is 0.00000358. The summed E-state index contributed by atoms with van der Waals surface area (Å²) in [5, 5.41) is 6.31. The van der Waals surface area contributed by atoms with E-state index in [-0.39, 0.29) is 27.4 Å². The Kier molecular flexibility index (Phi) is 17.4. The fourth-order valence-electron chi connectivity index (χ4n) is 5.14. The SMILES string of the molecule is C/C=C(\C=NCC)c1ccnc(Nc2cc(NC(=O)c3ccc(CN(CC)CCN(C)COC(=O)C(C)c4ccccc4)cc3)ccc2C)n1.CC.[HH].[HH]. The number of nitrogens with one attached hydrogen (secondary N) is 2. The van der Waals surface area contributed by atoms with E-state index < -0.39 is 0 Å². The number of hydrogen-bond donors (Lipinski definition) is 2. The van der Waals surface area contributed by atoms with Crippen LogP contribution in [0.15, 0.2) is 96.1 Å². The predicted octanol–water partition coefficient (Wildman–Crippen LogP) is 8.85. The van der Waals surface area contributed by atoms with Crippen LogP contribution in [0.1, 0.15) is 83.1 Å². The van der Waals surface area contributed by atoms with Gasteiger partial charge in [0.2, 0.25) is 5.95 Å². The van der Waals surface area contributed by atoms with Gasteiger partial charge in [-0.25, -0.2) is 9.97 Å². The van der Waals surface area contributed by atoms with Crippen molar-refractivity contribution in [3.8, 4) is 0 Å². The Morgan fingerprint density at radius 3 is 2.40 bits per heavy atom. The zero-order valence-electron chi connectivity index (χ0n) is 32.0. The smallest absolute Gasteiger partial charge is 0.314 e. The molecular weight excluding hydrogens is 651 g/mol. The van der Waals surface area contributed by atoms with Crippen molar-refractivity contribution < 1.29 is 17.2 Å². The lowest BCUT2D eigenvalue weighted by Crippen LogP contribution is -2.34. The number of aryl methyl sites for hydroxylation is 1. The highest BCUT2D eigenvalue weighted by molar-refractivity contribution is 6.09. The van der Waals surface area contributed by atoms with Gasteiger partial charge in [-0.05, 0) is 88.3 Å². The monoisotopic (exact) mass is 709 g/mol. The van der Waals surface area contributed by atoms with Gasteiger partial charge in [0, 0.05) is 64.0 Å². The van der Waals surface area contributed by atoms with E-state index in [0.717, 1.165) is 59.8 Å². The van der Waals surface area contributed by atoms with Crippen LogP contribution in [-0.4, -0.2) is 77.8 Å². The Labute approximate surface area is 313 Å². The molecule has 4 rings (SSSR count). The number of aliphatic imine (C=N–C) groups is 1. The van der Waals surface area contributed by atoms with Gasteiger partial charge in [-0.15, -0.1) is 0 Å². The van der Waals surface area contributed by atoms with Crippen LogP contribution in [0.2, 0.25) is 0 Å². The topological polar surface area (TPSA) is 112 Å². The second-order valence-corrected chi connectivity index (χ2v) is 12.1. The molecule has 0 spiro atoms. The summed E-state index contributed by atoms with van der Waals surface area (Å²) in [5.41, 5.74) is 6.77. The highest BCUT2D eigenvalue weighted by Crippen LogP contribution is 2.24. The second-order valence-electron chi connectivity index (χ2n) is 12.1. The Hall–Kier alpha value is -5.19. The summed E-state index contributed by atoms with van der Waals surface area (Å²) in [5.74, 6) is -0.270. The van der Waals surface area contributed by atoms with Crippen LogP contribution < -0.4 is 10.6 Å². The number of anilines is 3. The highest BCUT2D eigenvalue weighted by Gasteiger charge is 2.17. The third kappa shape index (κ3) is 12.9. The van der Waals surface area contributed by atoms with Gasteiger partial charge in [-0.2, -0.15) is 0 Å². The summed E-state index contributed by atoms with van der Waals surface area (Å²) >= 11 is 0. The highest BCUT2D eigenvalue weighted by atomic mass is 16.5. The summed E-state index contributed by atoms with van der Waals surface area (Å²) in [6, 6.07) is 24.9. The molecule has 1 atom stereocenters. The lowest BCUT2D eigenvalue weighted by Gasteiger charge is -2.24. The number of hydrogen-bond acceptors (Lipinski definition) is 9. The minimum Gasteiger partial charge on any atom is -0.449 e. The standard InChI is InChI=1S/C40H49N7O3.C2H6.2H2/c1-7-32(26-41-8-2)36-21-22-42-40(44-36)45-37-25-35(20-15-29(37)4)43-38(48)34-18-16-31(17-19-34)27-47(9-3)24-23-46(6)28-50-39(49)30(5)33-13-11-10-12-14-33;1-2;;/h7,10-22,25-26,30H,8-9,23-24,27-28H2,1-6H3,(H,43,48)(H,42,44,45);1-2H3;2*1H/b32-7+,41-26?;;;. The molecule has 1 unspecified atom stereocenters. The van der Waals surface area contributed by atoms with E-state index in [1.807, 2.05) is 145 Å². The van der Waals surface area contributed by atoms with Crippen molar-refractivity contribution in [1.29, 1.82) is 0 Å². The molecule has 0 aliphatic heterocycles. The molecule has 10 heteroatoms. The average molecular weight is 710 g/mol. The number of benzene rings is 3. The number of amides is 1. The summed E-state index contributed by atoms with van der Waals surface area (Å²) in [7, 11) is 1.95. The van der Waals surface area contributed by atoms with Crippen molar-refractivity contribution in [2.45, 2.75) is 60.9 Å². The molecule has 0 saturated carbocycles. The molecule has 3 aromatic carbocycles. The molecule has 0 saturated heterocycles. The van der Waals surface area contributed by atoms with Crippen LogP contribution in [0.5, 0.6) is 0 Å². The Morgan fingerprint density at radius 2 is 1.73 bits per heavy atom. The van der Waals surface area contributed by atoms with Crippen LogP contribution in [-0.2, 0) is 16.1 Å². The zero-order valence-corrected chi connectivity index (χ0v) is 32.0. The number of allylic oxidation sites excluding steroid dienone is 2. The van der Waals surface area contributed by atoms with Gasteiger partial charge >= 0.3 is 5.97 Å². The third-order valence-electron chi connectivity index (χ3n) is 8.36. The Morgan fingerprint density at radius 1 is 1.00 bits per heavy atom. The number of carbonyl (C=O) groups is 2. The van der Waals surface area contributed by atoms with Gasteiger partial charge in [0.1, 0.15) is 6.73 Å². The first-order valence-corrected chi connectivity index (χ1v) is 18.1. The van der Waals surface area contributed by atoms with E-state index in [1.165, 1.54) is 0 Å². The molecule has 4 aromatic rings. The number of likely N-dealkylation sites (N-methyl/N-ethyl adjacent to an activating group) is 2. The van der Waals surface area contributed by atoms with E-state index >= 15 is 0 Å². The first-order chi connectivity index (χ1) is 25.2. The molecule has 0 fully saturated rings. The summed E-state index contributed by atoms with van der Waals surface area (Å²) in [4.78, 5) is 43.4. The molecule has 1 aromatic heterocycles. The molecule has 1 amide bonds. The number of ether oxygens (including phenoxy) is 1. The number of carbonyl (C=O) groups excluding carboxylic acids is 2. The molecule has 1 heterocycles. The minimum absolute atomic E-state index is 0. The largest absolute Gasteiger partial charge is 0.449 e. The van der Waals surface area contributed by atoms with Gasteiger partial charge in [-0.1, -0.05) is 75.4 Å². The summed E-state index contributed by atoms with van der Waals surface area (Å²) in [6.07, 6.45) is 5.50.